The average molecular weight is 550 g/mol. The van der Waals surface area contributed by atoms with Gasteiger partial charge >= 0.3 is 6.09 Å². The predicted molar refractivity (Wildman–Crippen MR) is 155 cm³/mol. The van der Waals surface area contributed by atoms with Crippen molar-refractivity contribution in [3.8, 4) is 11.1 Å². The quantitative estimate of drug-likeness (QED) is 0.202. The number of amides is 2. The van der Waals surface area contributed by atoms with Crippen molar-refractivity contribution in [2.24, 2.45) is 5.73 Å². The molecule has 2 amide bonds. The number of H-pyrrole nitrogens is 1. The number of nitrogens with two attached hydrogens (primary N) is 1. The van der Waals surface area contributed by atoms with E-state index in [1.165, 1.54) is 11.1 Å². The number of rotatable bonds is 15. The van der Waals surface area contributed by atoms with Gasteiger partial charge in [-0.25, -0.2) is 9.89 Å². The molecular weight excluding hydrogens is 506 g/mol. The SMILES string of the molecule is CC(C)(C)OC(=O)NCCCC[C@H](NC(=O)CCc1ccc(-c2ccc(CCCCN)cc2)cc1)c1nnn[nH]1. The molecule has 10 nitrogen and oxygen atoms in total. The van der Waals surface area contributed by atoms with Gasteiger partial charge in [-0.3, -0.25) is 4.79 Å². The molecule has 3 rings (SSSR count). The van der Waals surface area contributed by atoms with Crippen LogP contribution in [0.5, 0.6) is 0 Å². The summed E-state index contributed by atoms with van der Waals surface area (Å²) in [5, 5.41) is 19.9. The number of unbranched alkanes of at least 4 members (excludes halogenated alkanes) is 2. The van der Waals surface area contributed by atoms with E-state index in [0.717, 1.165) is 49.8 Å². The number of nitrogens with zero attached hydrogens (tertiary/aromatic N) is 3. The summed E-state index contributed by atoms with van der Waals surface area (Å²) in [5.41, 5.74) is 9.82. The van der Waals surface area contributed by atoms with Crippen molar-refractivity contribution in [2.45, 2.75) is 83.8 Å². The van der Waals surface area contributed by atoms with Crippen LogP contribution in [0.2, 0.25) is 0 Å². The van der Waals surface area contributed by atoms with Gasteiger partial charge in [0.05, 0.1) is 6.04 Å². The summed E-state index contributed by atoms with van der Waals surface area (Å²) >= 11 is 0. The number of alkyl carbamates (subject to hydrolysis) is 1. The maximum Gasteiger partial charge on any atom is 0.407 e. The van der Waals surface area contributed by atoms with Gasteiger partial charge < -0.3 is 21.1 Å². The van der Waals surface area contributed by atoms with E-state index in [2.05, 4.69) is 79.8 Å². The second-order valence-corrected chi connectivity index (χ2v) is 11.0. The summed E-state index contributed by atoms with van der Waals surface area (Å²) in [4.78, 5) is 24.6. The zero-order chi connectivity index (χ0) is 28.8. The molecule has 1 atom stereocenters. The first-order valence-corrected chi connectivity index (χ1v) is 14.1. The van der Waals surface area contributed by atoms with E-state index in [-0.39, 0.29) is 11.9 Å². The van der Waals surface area contributed by atoms with Gasteiger partial charge in [-0.05, 0) is 105 Å². The Hall–Kier alpha value is -3.79. The Labute approximate surface area is 236 Å². The van der Waals surface area contributed by atoms with Gasteiger partial charge in [-0.2, -0.15) is 0 Å². The standard InChI is InChI=1S/C30H43N7O3/c1-30(2,3)40-29(39)32-21-7-5-9-26(28-34-36-37-35-28)33-27(38)19-14-23-12-17-25(18-13-23)24-15-10-22(11-16-24)8-4-6-20-31/h10-13,15-18,26H,4-9,14,19-21,31H2,1-3H3,(H,32,39)(H,33,38)(H,34,35,36,37)/t26-/m0/s1. The molecule has 10 heteroatoms. The van der Waals surface area contributed by atoms with Crippen LogP contribution in [0.25, 0.3) is 11.1 Å². The van der Waals surface area contributed by atoms with E-state index in [1.54, 1.807) is 0 Å². The number of benzene rings is 2. The smallest absolute Gasteiger partial charge is 0.407 e. The molecule has 0 spiro atoms. The predicted octanol–water partition coefficient (Wildman–Crippen LogP) is 4.63. The first kappa shape index (κ1) is 30.7. The highest BCUT2D eigenvalue weighted by molar-refractivity contribution is 5.76. The first-order chi connectivity index (χ1) is 19.2. The second-order valence-electron chi connectivity index (χ2n) is 11.0. The minimum atomic E-state index is -0.530. The lowest BCUT2D eigenvalue weighted by atomic mass is 9.99. The van der Waals surface area contributed by atoms with Crippen LogP contribution >= 0.6 is 0 Å². The Bertz CT molecular complexity index is 1160. The summed E-state index contributed by atoms with van der Waals surface area (Å²) in [7, 11) is 0. The number of nitrogens with one attached hydrogen (secondary N) is 3. The summed E-state index contributed by atoms with van der Waals surface area (Å²) in [6.45, 7) is 6.70. The van der Waals surface area contributed by atoms with E-state index < -0.39 is 11.7 Å². The lowest BCUT2D eigenvalue weighted by Gasteiger charge is -2.20. The third-order valence-electron chi connectivity index (χ3n) is 6.42. The van der Waals surface area contributed by atoms with Gasteiger partial charge in [-0.15, -0.1) is 5.10 Å². The Balaban J connectivity index is 1.43. The second kappa shape index (κ2) is 15.7. The van der Waals surface area contributed by atoms with Crippen LogP contribution in [0.3, 0.4) is 0 Å². The van der Waals surface area contributed by atoms with Crippen LogP contribution in [-0.4, -0.2) is 51.3 Å². The first-order valence-electron chi connectivity index (χ1n) is 14.1. The van der Waals surface area contributed by atoms with E-state index in [1.807, 2.05) is 20.8 Å². The molecule has 2 aromatic carbocycles. The molecule has 0 fully saturated rings. The Morgan fingerprint density at radius 2 is 1.57 bits per heavy atom. The molecule has 216 valence electrons. The lowest BCUT2D eigenvalue weighted by Crippen LogP contribution is -2.33. The van der Waals surface area contributed by atoms with E-state index in [0.29, 0.717) is 31.6 Å². The molecule has 0 saturated carbocycles. The molecule has 0 aliphatic heterocycles. The molecular formula is C30H43N7O3. The number of aromatic nitrogens is 4. The van der Waals surface area contributed by atoms with Crippen molar-refractivity contribution >= 4 is 12.0 Å². The monoisotopic (exact) mass is 549 g/mol. The minimum Gasteiger partial charge on any atom is -0.444 e. The van der Waals surface area contributed by atoms with Crippen LogP contribution in [0.15, 0.2) is 48.5 Å². The zero-order valence-electron chi connectivity index (χ0n) is 23.9. The molecule has 0 saturated heterocycles. The van der Waals surface area contributed by atoms with Gasteiger partial charge in [0.1, 0.15) is 5.60 Å². The van der Waals surface area contributed by atoms with E-state index in [9.17, 15) is 9.59 Å². The third kappa shape index (κ3) is 11.1. The molecule has 40 heavy (non-hydrogen) atoms. The summed E-state index contributed by atoms with van der Waals surface area (Å²) in [5.74, 6) is 0.450. The van der Waals surface area contributed by atoms with Crippen molar-refractivity contribution in [1.82, 2.24) is 31.3 Å². The largest absolute Gasteiger partial charge is 0.444 e. The maximum absolute atomic E-state index is 12.8. The van der Waals surface area contributed by atoms with Crippen molar-refractivity contribution < 1.29 is 14.3 Å². The van der Waals surface area contributed by atoms with Crippen LogP contribution < -0.4 is 16.4 Å². The summed E-state index contributed by atoms with van der Waals surface area (Å²) < 4.78 is 5.25. The van der Waals surface area contributed by atoms with E-state index >= 15 is 0 Å². The highest BCUT2D eigenvalue weighted by atomic mass is 16.6. The van der Waals surface area contributed by atoms with Crippen LogP contribution in [0.4, 0.5) is 4.79 Å². The van der Waals surface area contributed by atoms with Crippen LogP contribution in [0, 0.1) is 0 Å². The number of tetrazole rings is 1. The highest BCUT2D eigenvalue weighted by Crippen LogP contribution is 2.22. The van der Waals surface area contributed by atoms with Gasteiger partial charge in [-0.1, -0.05) is 48.5 Å². The van der Waals surface area contributed by atoms with Gasteiger partial charge in [0.15, 0.2) is 5.82 Å². The normalized spacial score (nSPS) is 12.1. The number of aryl methyl sites for hydroxylation is 2. The molecule has 5 N–H and O–H groups in total. The van der Waals surface area contributed by atoms with Crippen molar-refractivity contribution in [2.75, 3.05) is 13.1 Å². The summed E-state index contributed by atoms with van der Waals surface area (Å²) in [6, 6.07) is 16.7. The highest BCUT2D eigenvalue weighted by Gasteiger charge is 2.19. The van der Waals surface area contributed by atoms with Crippen LogP contribution in [-0.2, 0) is 22.4 Å². The van der Waals surface area contributed by atoms with Gasteiger partial charge in [0.2, 0.25) is 5.91 Å². The van der Waals surface area contributed by atoms with Crippen LogP contribution in [0.1, 0.15) is 82.3 Å². The minimum absolute atomic E-state index is 0.0671. The fourth-order valence-electron chi connectivity index (χ4n) is 4.29. The average Bonchev–Trinajstić information content (AvgIpc) is 3.46. The zero-order valence-corrected chi connectivity index (χ0v) is 23.9. The fourth-order valence-corrected chi connectivity index (χ4v) is 4.29. The molecule has 1 heterocycles. The van der Waals surface area contributed by atoms with Gasteiger partial charge in [0, 0.05) is 13.0 Å². The van der Waals surface area contributed by atoms with Crippen molar-refractivity contribution in [1.29, 1.82) is 0 Å². The maximum atomic E-state index is 12.8. The van der Waals surface area contributed by atoms with Gasteiger partial charge in [0.25, 0.3) is 0 Å². The lowest BCUT2D eigenvalue weighted by molar-refractivity contribution is -0.121. The Kier molecular flexibility index (Phi) is 12.1. The van der Waals surface area contributed by atoms with E-state index in [4.69, 9.17) is 10.5 Å². The number of hydrogen-bond acceptors (Lipinski definition) is 7. The Morgan fingerprint density at radius 1 is 0.925 bits per heavy atom. The number of ether oxygens (including phenoxy) is 1. The number of carbonyl (C=O) groups excluding carboxylic acids is 2. The molecule has 0 aliphatic carbocycles. The molecule has 3 aromatic rings. The molecule has 0 unspecified atom stereocenters. The number of hydrogen-bond donors (Lipinski definition) is 4. The summed E-state index contributed by atoms with van der Waals surface area (Å²) in [6.07, 6.45) is 5.90. The molecule has 0 aliphatic rings. The topological polar surface area (TPSA) is 148 Å². The molecule has 0 radical (unpaired) electrons. The number of carbonyl (C=O) groups is 2. The number of aromatic amines is 1. The fraction of sp³-hybridized carbons (Fsp3) is 0.500. The Morgan fingerprint density at radius 3 is 2.15 bits per heavy atom. The molecule has 1 aromatic heterocycles. The van der Waals surface area contributed by atoms with Crippen molar-refractivity contribution in [3.05, 3.63) is 65.5 Å². The third-order valence-corrected chi connectivity index (χ3v) is 6.42. The molecule has 0 bridgehead atoms. The van der Waals surface area contributed by atoms with Crippen molar-refractivity contribution in [3.63, 3.8) is 0 Å².